The number of hydrogen-bond acceptors (Lipinski definition) is 5. The van der Waals surface area contributed by atoms with E-state index in [0.717, 1.165) is 47.7 Å². The molecule has 0 aliphatic carbocycles. The predicted molar refractivity (Wildman–Crippen MR) is 113 cm³/mol. The number of benzene rings is 2. The van der Waals surface area contributed by atoms with Gasteiger partial charge in [-0.15, -0.1) is 0 Å². The average Bonchev–Trinajstić information content (AvgIpc) is 3.10. The molecule has 0 atom stereocenters. The molecule has 5 nitrogen and oxygen atoms in total. The summed E-state index contributed by atoms with van der Waals surface area (Å²) in [6.45, 7) is 8.88. The quantitative estimate of drug-likeness (QED) is 0.648. The highest BCUT2D eigenvalue weighted by Crippen LogP contribution is 2.31. The number of para-hydroxylation sites is 1. The van der Waals surface area contributed by atoms with Crippen LogP contribution >= 0.6 is 11.3 Å². The van der Waals surface area contributed by atoms with Crippen molar-refractivity contribution in [1.29, 1.82) is 0 Å². The van der Waals surface area contributed by atoms with E-state index < -0.39 is 0 Å². The first-order valence-electron chi connectivity index (χ1n) is 9.39. The maximum atomic E-state index is 11.5. The number of fused-ring (bicyclic) bond motifs is 1. The summed E-state index contributed by atoms with van der Waals surface area (Å²) in [5.74, 6) is 0.909. The van der Waals surface area contributed by atoms with Crippen molar-refractivity contribution >= 4 is 27.5 Å². The van der Waals surface area contributed by atoms with Crippen molar-refractivity contribution in [1.82, 2.24) is 14.8 Å². The molecule has 144 valence electrons. The van der Waals surface area contributed by atoms with Crippen molar-refractivity contribution in [3.05, 3.63) is 66.4 Å². The third-order valence-corrected chi connectivity index (χ3v) is 5.89. The fourth-order valence-corrected chi connectivity index (χ4v) is 4.16. The van der Waals surface area contributed by atoms with Crippen LogP contribution < -0.4 is 4.74 Å². The highest BCUT2D eigenvalue weighted by atomic mass is 32.1. The number of amides is 1. The van der Waals surface area contributed by atoms with Gasteiger partial charge < -0.3 is 14.5 Å². The van der Waals surface area contributed by atoms with Crippen molar-refractivity contribution in [2.75, 3.05) is 26.2 Å². The number of thiazole rings is 1. The van der Waals surface area contributed by atoms with Crippen LogP contribution in [0.3, 0.4) is 0 Å². The number of aromatic nitrogens is 1. The molecule has 3 aromatic rings. The second kappa shape index (κ2) is 8.02. The molecule has 0 radical (unpaired) electrons. The minimum Gasteiger partial charge on any atom is -0.431 e. The number of ether oxygens (including phenoxy) is 1. The Kier molecular flexibility index (Phi) is 5.30. The molecule has 1 saturated heterocycles. The van der Waals surface area contributed by atoms with E-state index in [0.29, 0.717) is 11.7 Å². The van der Waals surface area contributed by atoms with Gasteiger partial charge in [-0.05, 0) is 36.2 Å². The Labute approximate surface area is 168 Å². The smallest absolute Gasteiger partial charge is 0.279 e. The Morgan fingerprint density at radius 3 is 2.68 bits per heavy atom. The molecule has 0 spiro atoms. The lowest BCUT2D eigenvalue weighted by molar-refractivity contribution is -0.129. The van der Waals surface area contributed by atoms with Crippen molar-refractivity contribution in [3.63, 3.8) is 0 Å². The van der Waals surface area contributed by atoms with Crippen LogP contribution in [0, 0.1) is 0 Å². The molecule has 1 aromatic heterocycles. The van der Waals surface area contributed by atoms with Gasteiger partial charge in [0.2, 0.25) is 5.91 Å². The van der Waals surface area contributed by atoms with Crippen molar-refractivity contribution in [2.45, 2.75) is 13.3 Å². The monoisotopic (exact) mass is 393 g/mol. The van der Waals surface area contributed by atoms with Crippen molar-refractivity contribution < 1.29 is 9.53 Å². The molecule has 28 heavy (non-hydrogen) atoms. The molecular weight excluding hydrogens is 370 g/mol. The largest absolute Gasteiger partial charge is 0.431 e. The Morgan fingerprint density at radius 1 is 1.18 bits per heavy atom. The van der Waals surface area contributed by atoms with E-state index in [4.69, 9.17) is 4.74 Å². The second-order valence-corrected chi connectivity index (χ2v) is 7.93. The van der Waals surface area contributed by atoms with Gasteiger partial charge in [0.25, 0.3) is 5.19 Å². The third kappa shape index (κ3) is 4.17. The van der Waals surface area contributed by atoms with Crippen LogP contribution in [0.5, 0.6) is 10.9 Å². The summed E-state index contributed by atoms with van der Waals surface area (Å²) < 4.78 is 7.03. The zero-order valence-electron chi connectivity index (χ0n) is 15.9. The molecule has 0 unspecified atom stereocenters. The molecular formula is C22H23N3O2S. The number of rotatable bonds is 5. The lowest BCUT2D eigenvalue weighted by Gasteiger charge is -2.37. The van der Waals surface area contributed by atoms with Crippen LogP contribution in [-0.2, 0) is 11.2 Å². The van der Waals surface area contributed by atoms with Gasteiger partial charge in [-0.2, -0.15) is 0 Å². The molecule has 0 saturated carbocycles. The van der Waals surface area contributed by atoms with E-state index in [1.165, 1.54) is 5.56 Å². The minimum absolute atomic E-state index is 0.115. The highest BCUT2D eigenvalue weighted by molar-refractivity contribution is 7.20. The second-order valence-electron chi connectivity index (χ2n) is 6.94. The van der Waals surface area contributed by atoms with Crippen LogP contribution in [0.4, 0.5) is 0 Å². The van der Waals surface area contributed by atoms with E-state index in [1.807, 2.05) is 41.3 Å². The van der Waals surface area contributed by atoms with Crippen LogP contribution in [0.1, 0.15) is 12.5 Å². The molecule has 1 amide bonds. The predicted octanol–water partition coefficient (Wildman–Crippen LogP) is 4.31. The summed E-state index contributed by atoms with van der Waals surface area (Å²) in [6.07, 6.45) is 0.931. The van der Waals surface area contributed by atoms with Crippen LogP contribution in [0.15, 0.2) is 60.8 Å². The first-order valence-corrected chi connectivity index (χ1v) is 10.2. The fraction of sp³-hybridized carbons (Fsp3) is 0.273. The molecule has 1 fully saturated rings. The van der Waals surface area contributed by atoms with Gasteiger partial charge in [0, 0.05) is 32.3 Å². The maximum Gasteiger partial charge on any atom is 0.279 e. The highest BCUT2D eigenvalue weighted by Gasteiger charge is 2.20. The van der Waals surface area contributed by atoms with E-state index in [9.17, 15) is 4.79 Å². The average molecular weight is 394 g/mol. The van der Waals surface area contributed by atoms with Crippen LogP contribution in [0.2, 0.25) is 0 Å². The SMILES string of the molecule is C=C1CN(C(C)=O)CCN1CCc1ccc(Oc2nc3ccccc3s2)cc1. The summed E-state index contributed by atoms with van der Waals surface area (Å²) in [7, 11) is 0. The standard InChI is InChI=1S/C22H23N3O2S/c1-16-15-25(17(2)26)14-13-24(16)12-11-18-7-9-19(10-8-18)27-22-23-20-5-3-4-6-21(20)28-22/h3-10H,1,11-15H2,2H3. The number of carbonyl (C=O) groups excluding carboxylic acids is 1. The van der Waals surface area contributed by atoms with Crippen LogP contribution in [-0.4, -0.2) is 46.9 Å². The molecule has 2 aromatic carbocycles. The number of hydrogen-bond donors (Lipinski definition) is 0. The van der Waals surface area contributed by atoms with Gasteiger partial charge in [0.15, 0.2) is 0 Å². The zero-order chi connectivity index (χ0) is 19.5. The number of nitrogens with zero attached hydrogens (tertiary/aromatic N) is 3. The van der Waals surface area contributed by atoms with E-state index >= 15 is 0 Å². The van der Waals surface area contributed by atoms with Gasteiger partial charge >= 0.3 is 0 Å². The van der Waals surface area contributed by atoms with Gasteiger partial charge in [0.1, 0.15) is 5.75 Å². The van der Waals surface area contributed by atoms with Gasteiger partial charge in [0.05, 0.1) is 16.8 Å². The molecule has 1 aliphatic heterocycles. The summed E-state index contributed by atoms with van der Waals surface area (Å²) >= 11 is 1.55. The topological polar surface area (TPSA) is 45.7 Å². The summed E-state index contributed by atoms with van der Waals surface area (Å²) in [4.78, 5) is 20.1. The van der Waals surface area contributed by atoms with Crippen molar-refractivity contribution in [2.24, 2.45) is 0 Å². The lowest BCUT2D eigenvalue weighted by Crippen LogP contribution is -2.46. The zero-order valence-corrected chi connectivity index (χ0v) is 16.7. The van der Waals surface area contributed by atoms with Crippen LogP contribution in [0.25, 0.3) is 10.2 Å². The normalized spacial score (nSPS) is 14.5. The molecule has 1 aliphatic rings. The molecule has 0 bridgehead atoms. The Hall–Kier alpha value is -2.86. The number of carbonyl (C=O) groups is 1. The number of piperazine rings is 1. The summed E-state index contributed by atoms with van der Waals surface area (Å²) in [5.41, 5.74) is 3.22. The van der Waals surface area contributed by atoms with E-state index in [2.05, 4.69) is 28.6 Å². The van der Waals surface area contributed by atoms with Gasteiger partial charge in [-0.25, -0.2) is 4.98 Å². The first kappa shape index (κ1) is 18.5. The minimum atomic E-state index is 0.115. The first-order chi connectivity index (χ1) is 13.6. The Balaban J connectivity index is 1.32. The lowest BCUT2D eigenvalue weighted by atomic mass is 10.1. The van der Waals surface area contributed by atoms with E-state index in [-0.39, 0.29) is 5.91 Å². The van der Waals surface area contributed by atoms with E-state index in [1.54, 1.807) is 18.3 Å². The van der Waals surface area contributed by atoms with Crippen molar-refractivity contribution in [3.8, 4) is 10.9 Å². The summed E-state index contributed by atoms with van der Waals surface area (Å²) in [6, 6.07) is 16.2. The molecule has 4 rings (SSSR count). The Bertz CT molecular complexity index is 963. The third-order valence-electron chi connectivity index (χ3n) is 4.98. The molecule has 0 N–H and O–H groups in total. The van der Waals surface area contributed by atoms with Gasteiger partial charge in [-0.3, -0.25) is 4.79 Å². The maximum absolute atomic E-state index is 11.5. The summed E-state index contributed by atoms with van der Waals surface area (Å²) in [5, 5.41) is 0.661. The molecule has 2 heterocycles. The van der Waals surface area contributed by atoms with Gasteiger partial charge in [-0.1, -0.05) is 42.2 Å². The molecule has 6 heteroatoms. The fourth-order valence-electron chi connectivity index (χ4n) is 3.32. The Morgan fingerprint density at radius 2 is 1.96 bits per heavy atom.